The molecule has 33 heavy (non-hydrogen) atoms. The van der Waals surface area contributed by atoms with Crippen LogP contribution in [-0.2, 0) is 9.53 Å². The quantitative estimate of drug-likeness (QED) is 0.540. The van der Waals surface area contributed by atoms with E-state index in [0.29, 0.717) is 64.7 Å². The molecule has 1 aromatic heterocycles. The molecule has 5 rings (SSSR count). The molecule has 0 N–H and O–H groups in total. The molecule has 7 nitrogen and oxygen atoms in total. The molecule has 0 saturated carbocycles. The monoisotopic (exact) mass is 461 g/mol. The summed E-state index contributed by atoms with van der Waals surface area (Å²) in [5.74, 6) is -0.586. The van der Waals surface area contributed by atoms with Crippen LogP contribution in [0.25, 0.3) is 17.0 Å². The van der Waals surface area contributed by atoms with Crippen LogP contribution in [0.3, 0.4) is 0 Å². The lowest BCUT2D eigenvalue weighted by Gasteiger charge is -2.27. The molecule has 2 aliphatic rings. The Hall–Kier alpha value is -3.55. The summed E-state index contributed by atoms with van der Waals surface area (Å²) in [6.07, 6.45) is 1.57. The van der Waals surface area contributed by atoms with Crippen molar-refractivity contribution in [2.24, 2.45) is 0 Å². The highest BCUT2D eigenvalue weighted by atomic mass is 35.5. The first kappa shape index (κ1) is 21.3. The highest BCUT2D eigenvalue weighted by Gasteiger charge is 2.34. The Balaban J connectivity index is 1.52. The zero-order valence-electron chi connectivity index (χ0n) is 17.9. The van der Waals surface area contributed by atoms with Gasteiger partial charge in [0.2, 0.25) is 11.7 Å². The maximum atomic E-state index is 13.0. The van der Waals surface area contributed by atoms with Crippen LogP contribution in [0.2, 0.25) is 5.02 Å². The molecule has 0 aliphatic carbocycles. The Morgan fingerprint density at radius 3 is 2.61 bits per heavy atom. The summed E-state index contributed by atoms with van der Waals surface area (Å²) in [5.41, 5.74) is 2.82. The third kappa shape index (κ3) is 3.79. The van der Waals surface area contributed by atoms with Crippen molar-refractivity contribution < 1.29 is 19.1 Å². The fourth-order valence-corrected chi connectivity index (χ4v) is 4.46. The van der Waals surface area contributed by atoms with E-state index >= 15 is 0 Å². The van der Waals surface area contributed by atoms with Crippen LogP contribution in [-0.4, -0.2) is 53.8 Å². The van der Waals surface area contributed by atoms with E-state index in [-0.39, 0.29) is 23.3 Å². The van der Waals surface area contributed by atoms with Gasteiger partial charge in [-0.2, -0.15) is 0 Å². The first-order valence-electron chi connectivity index (χ1n) is 10.6. The Kier molecular flexibility index (Phi) is 5.44. The largest absolute Gasteiger partial charge is 0.378 e. The minimum Gasteiger partial charge on any atom is -0.378 e. The first-order valence-corrected chi connectivity index (χ1v) is 11.0. The minimum atomic E-state index is -0.266. The van der Waals surface area contributed by atoms with Gasteiger partial charge in [0.1, 0.15) is 0 Å². The second-order valence-electron chi connectivity index (χ2n) is 7.90. The van der Waals surface area contributed by atoms with Gasteiger partial charge < -0.3 is 9.64 Å². The molecule has 2 amide bonds. The number of halogens is 1. The number of aromatic nitrogens is 1. The van der Waals surface area contributed by atoms with Gasteiger partial charge in [0.25, 0.3) is 5.91 Å². The number of hydrogen-bond acceptors (Lipinski definition) is 5. The zero-order chi connectivity index (χ0) is 23.1. The number of benzene rings is 2. The highest BCUT2D eigenvalue weighted by Crippen LogP contribution is 2.36. The number of allylic oxidation sites excluding steroid dienone is 1. The third-order valence-corrected chi connectivity index (χ3v) is 6.10. The Morgan fingerprint density at radius 1 is 1.09 bits per heavy atom. The van der Waals surface area contributed by atoms with Crippen molar-refractivity contribution in [3.63, 3.8) is 0 Å². The molecule has 1 fully saturated rings. The molecular formula is C25H20ClN3O4. The van der Waals surface area contributed by atoms with Crippen LogP contribution < -0.4 is 4.90 Å². The first-order chi connectivity index (χ1) is 15.9. The molecule has 0 atom stereocenters. The standard InChI is InChI=1S/C25H20ClN3O4/c1-15(30)29-22-5-3-2-4-18(22)24(31)23(29)14-17-13-20(26)19-12-16(6-7-21(19)27-17)25(32)28-8-10-33-11-9-28/h2-7,12-14H,8-11H2,1H3/b23-14+. The highest BCUT2D eigenvalue weighted by molar-refractivity contribution is 6.35. The smallest absolute Gasteiger partial charge is 0.254 e. The number of ether oxygens (including phenoxy) is 1. The predicted octanol–water partition coefficient (Wildman–Crippen LogP) is 3.95. The van der Waals surface area contributed by atoms with Crippen molar-refractivity contribution in [2.75, 3.05) is 31.2 Å². The number of rotatable bonds is 2. The summed E-state index contributed by atoms with van der Waals surface area (Å²) in [4.78, 5) is 45.8. The second kappa shape index (κ2) is 8.42. The van der Waals surface area contributed by atoms with Crippen LogP contribution in [0.5, 0.6) is 0 Å². The normalized spacial score (nSPS) is 17.0. The van der Waals surface area contributed by atoms with Crippen LogP contribution in [0.4, 0.5) is 5.69 Å². The van der Waals surface area contributed by atoms with Crippen molar-refractivity contribution >= 4 is 51.9 Å². The minimum absolute atomic E-state index is 0.0751. The number of fused-ring (bicyclic) bond motifs is 2. The van der Waals surface area contributed by atoms with Crippen molar-refractivity contribution in [2.45, 2.75) is 6.92 Å². The number of Topliss-reactive ketones (excluding diaryl/α,β-unsaturated/α-hetero) is 1. The lowest BCUT2D eigenvalue weighted by Crippen LogP contribution is -2.40. The molecule has 3 aromatic rings. The molecular weight excluding hydrogens is 442 g/mol. The van der Waals surface area contributed by atoms with Gasteiger partial charge >= 0.3 is 0 Å². The molecule has 3 heterocycles. The number of carbonyl (C=O) groups excluding carboxylic acids is 3. The summed E-state index contributed by atoms with van der Waals surface area (Å²) in [6.45, 7) is 3.58. The lowest BCUT2D eigenvalue weighted by atomic mass is 10.1. The Morgan fingerprint density at radius 2 is 1.85 bits per heavy atom. The Labute approximate surface area is 195 Å². The fraction of sp³-hybridized carbons (Fsp3) is 0.200. The van der Waals surface area contributed by atoms with Gasteiger partial charge in [0.05, 0.1) is 40.8 Å². The van der Waals surface area contributed by atoms with Gasteiger partial charge in [-0.1, -0.05) is 23.7 Å². The lowest BCUT2D eigenvalue weighted by molar-refractivity contribution is -0.116. The van der Waals surface area contributed by atoms with Crippen LogP contribution >= 0.6 is 11.6 Å². The summed E-state index contributed by atoms with van der Waals surface area (Å²) in [5, 5.41) is 1.04. The molecule has 0 unspecified atom stereocenters. The van der Waals surface area contributed by atoms with E-state index in [0.717, 1.165) is 0 Å². The number of pyridine rings is 1. The fourth-order valence-electron chi connectivity index (χ4n) is 4.20. The van der Waals surface area contributed by atoms with Crippen molar-refractivity contribution in [3.05, 3.63) is 76.1 Å². The average molecular weight is 462 g/mol. The van der Waals surface area contributed by atoms with Crippen molar-refractivity contribution in [3.8, 4) is 0 Å². The number of ketones is 1. The van der Waals surface area contributed by atoms with Gasteiger partial charge in [-0.25, -0.2) is 4.98 Å². The van der Waals surface area contributed by atoms with E-state index in [9.17, 15) is 14.4 Å². The molecule has 1 saturated heterocycles. The summed E-state index contributed by atoms with van der Waals surface area (Å²) in [6, 6.07) is 13.8. The third-order valence-electron chi connectivity index (χ3n) is 5.79. The zero-order valence-corrected chi connectivity index (χ0v) is 18.6. The number of amides is 2. The van der Waals surface area contributed by atoms with E-state index in [2.05, 4.69) is 4.98 Å². The number of anilines is 1. The number of hydrogen-bond donors (Lipinski definition) is 0. The van der Waals surface area contributed by atoms with Gasteiger partial charge in [0.15, 0.2) is 0 Å². The van der Waals surface area contributed by atoms with Crippen LogP contribution in [0, 0.1) is 0 Å². The number of para-hydroxylation sites is 1. The topological polar surface area (TPSA) is 79.8 Å². The van der Waals surface area contributed by atoms with Gasteiger partial charge in [-0.15, -0.1) is 0 Å². The van der Waals surface area contributed by atoms with Crippen molar-refractivity contribution in [1.29, 1.82) is 0 Å². The predicted molar refractivity (Wildman–Crippen MR) is 125 cm³/mol. The van der Waals surface area contributed by atoms with E-state index in [1.165, 1.54) is 11.8 Å². The van der Waals surface area contributed by atoms with Gasteiger partial charge in [-0.3, -0.25) is 19.3 Å². The SMILES string of the molecule is CC(=O)N1/C(=C/c2cc(Cl)c3cc(C(=O)N4CCOCC4)ccc3n2)C(=O)c2ccccc21. The summed E-state index contributed by atoms with van der Waals surface area (Å²) >= 11 is 6.55. The van der Waals surface area contributed by atoms with E-state index in [4.69, 9.17) is 16.3 Å². The molecule has 8 heteroatoms. The number of morpholine rings is 1. The van der Waals surface area contributed by atoms with Gasteiger partial charge in [-0.05, 0) is 42.5 Å². The van der Waals surface area contributed by atoms with E-state index in [1.807, 2.05) is 0 Å². The van der Waals surface area contributed by atoms with Crippen LogP contribution in [0.1, 0.15) is 33.3 Å². The molecule has 2 aliphatic heterocycles. The molecule has 0 bridgehead atoms. The second-order valence-corrected chi connectivity index (χ2v) is 8.30. The van der Waals surface area contributed by atoms with E-state index in [1.54, 1.807) is 59.5 Å². The van der Waals surface area contributed by atoms with Crippen LogP contribution in [0.15, 0.2) is 54.2 Å². The molecule has 166 valence electrons. The molecule has 2 aromatic carbocycles. The molecule has 0 spiro atoms. The Bertz CT molecular complexity index is 1340. The molecule has 0 radical (unpaired) electrons. The summed E-state index contributed by atoms with van der Waals surface area (Å²) in [7, 11) is 0. The summed E-state index contributed by atoms with van der Waals surface area (Å²) < 4.78 is 5.31. The number of nitrogens with zero attached hydrogens (tertiary/aromatic N) is 3. The maximum Gasteiger partial charge on any atom is 0.254 e. The van der Waals surface area contributed by atoms with Gasteiger partial charge in [0, 0.05) is 36.5 Å². The van der Waals surface area contributed by atoms with Crippen molar-refractivity contribution in [1.82, 2.24) is 9.88 Å². The number of carbonyl (C=O) groups is 3. The van der Waals surface area contributed by atoms with E-state index < -0.39 is 0 Å². The maximum absolute atomic E-state index is 13.0. The average Bonchev–Trinajstić information content (AvgIpc) is 3.11.